The van der Waals surface area contributed by atoms with Crippen LogP contribution in [0.25, 0.3) is 0 Å². The quantitative estimate of drug-likeness (QED) is 0.726. The average molecular weight is 425 g/mol. The molecule has 2 aromatic rings. The molecule has 8 nitrogen and oxygen atoms in total. The highest BCUT2D eigenvalue weighted by Gasteiger charge is 2.33. The maximum absolute atomic E-state index is 14.0. The van der Waals surface area contributed by atoms with Crippen molar-refractivity contribution >= 4 is 21.5 Å². The molecule has 1 aromatic heterocycles. The summed E-state index contributed by atoms with van der Waals surface area (Å²) >= 11 is 0. The molecule has 0 radical (unpaired) electrons. The first-order chi connectivity index (χ1) is 14.0. The number of hydrogen-bond donors (Lipinski definition) is 0. The first-order valence-corrected chi connectivity index (χ1v) is 10.8. The van der Waals surface area contributed by atoms with Gasteiger partial charge in [-0.1, -0.05) is 6.07 Å². The molecule has 0 bridgehead atoms. The monoisotopic (exact) mass is 425 g/mol. The van der Waals surface area contributed by atoms with E-state index in [0.717, 1.165) is 47.1 Å². The zero-order valence-electron chi connectivity index (χ0n) is 15.7. The molecule has 29 heavy (non-hydrogen) atoms. The second kappa shape index (κ2) is 8.17. The van der Waals surface area contributed by atoms with Crippen molar-refractivity contribution in [1.82, 2.24) is 14.5 Å². The van der Waals surface area contributed by atoms with Crippen LogP contribution in [0, 0.1) is 11.6 Å². The maximum Gasteiger partial charge on any atom is 0.249 e. The summed E-state index contributed by atoms with van der Waals surface area (Å²) in [5.74, 6) is -1.42. The van der Waals surface area contributed by atoms with Gasteiger partial charge in [0, 0.05) is 45.3 Å². The Morgan fingerprint density at radius 1 is 0.931 bits per heavy atom. The summed E-state index contributed by atoms with van der Waals surface area (Å²) in [6, 6.07) is 4.95. The van der Waals surface area contributed by atoms with Crippen LogP contribution in [0.2, 0.25) is 0 Å². The summed E-state index contributed by atoms with van der Waals surface area (Å²) < 4.78 is 59.9. The third-order valence-corrected chi connectivity index (χ3v) is 7.03. The maximum atomic E-state index is 14.0. The van der Waals surface area contributed by atoms with E-state index >= 15 is 0 Å². The average Bonchev–Trinajstić information content (AvgIpc) is 2.74. The number of ether oxygens (including phenoxy) is 1. The molecule has 3 heterocycles. The molecule has 0 saturated carbocycles. The van der Waals surface area contributed by atoms with Crippen LogP contribution in [0.1, 0.15) is 0 Å². The molecule has 0 spiro atoms. The molecule has 0 atom stereocenters. The fourth-order valence-corrected chi connectivity index (χ4v) is 5.04. The van der Waals surface area contributed by atoms with Gasteiger partial charge < -0.3 is 14.5 Å². The number of morpholine rings is 1. The summed E-state index contributed by atoms with van der Waals surface area (Å²) in [6.45, 7) is 3.73. The highest BCUT2D eigenvalue weighted by atomic mass is 32.2. The number of nitrogens with zero attached hydrogens (tertiary/aromatic N) is 5. The van der Waals surface area contributed by atoms with Crippen molar-refractivity contribution in [2.24, 2.45) is 0 Å². The van der Waals surface area contributed by atoms with E-state index in [4.69, 9.17) is 4.74 Å². The van der Waals surface area contributed by atoms with Crippen molar-refractivity contribution < 1.29 is 21.9 Å². The van der Waals surface area contributed by atoms with Gasteiger partial charge in [0.15, 0.2) is 10.7 Å². The highest BCUT2D eigenvalue weighted by Crippen LogP contribution is 2.26. The smallest absolute Gasteiger partial charge is 0.249 e. The van der Waals surface area contributed by atoms with Crippen LogP contribution in [0.3, 0.4) is 0 Å². The molecule has 2 aliphatic rings. The molecule has 0 unspecified atom stereocenters. The van der Waals surface area contributed by atoms with Crippen molar-refractivity contribution in [2.45, 2.75) is 4.90 Å². The number of aromatic nitrogens is 2. The molecule has 0 N–H and O–H groups in total. The van der Waals surface area contributed by atoms with Crippen molar-refractivity contribution in [2.75, 3.05) is 62.3 Å². The Morgan fingerprint density at radius 3 is 2.24 bits per heavy atom. The van der Waals surface area contributed by atoms with Crippen LogP contribution in [-0.2, 0) is 14.8 Å². The van der Waals surface area contributed by atoms with Crippen molar-refractivity contribution in [1.29, 1.82) is 0 Å². The van der Waals surface area contributed by atoms with Gasteiger partial charge >= 0.3 is 0 Å². The number of piperazine rings is 1. The minimum Gasteiger partial charge on any atom is -0.378 e. The molecule has 2 saturated heterocycles. The van der Waals surface area contributed by atoms with Crippen LogP contribution in [0.5, 0.6) is 0 Å². The third-order valence-electron chi connectivity index (χ3n) is 5.08. The minimum atomic E-state index is -4.25. The van der Waals surface area contributed by atoms with E-state index in [9.17, 15) is 17.2 Å². The topological polar surface area (TPSA) is 78.9 Å². The summed E-state index contributed by atoms with van der Waals surface area (Å²) in [5, 5.41) is 8.24. The largest absolute Gasteiger partial charge is 0.378 e. The Hall–Kier alpha value is -2.37. The summed E-state index contributed by atoms with van der Waals surface area (Å²) in [7, 11) is -4.25. The van der Waals surface area contributed by atoms with Crippen LogP contribution < -0.4 is 9.80 Å². The lowest BCUT2D eigenvalue weighted by atomic mass is 10.3. The first kappa shape index (κ1) is 19.9. The molecule has 0 amide bonds. The van der Waals surface area contributed by atoms with Crippen LogP contribution in [0.4, 0.5) is 20.3 Å². The third kappa shape index (κ3) is 4.02. The fourth-order valence-electron chi connectivity index (χ4n) is 3.51. The predicted octanol–water partition coefficient (Wildman–Crippen LogP) is 1.10. The van der Waals surface area contributed by atoms with Crippen LogP contribution in [0.15, 0.2) is 35.4 Å². The van der Waals surface area contributed by atoms with Crippen LogP contribution in [-0.4, -0.2) is 75.4 Å². The molecule has 0 aliphatic carbocycles. The van der Waals surface area contributed by atoms with Gasteiger partial charge in [-0.25, -0.2) is 17.2 Å². The van der Waals surface area contributed by atoms with E-state index in [-0.39, 0.29) is 13.1 Å². The lowest BCUT2D eigenvalue weighted by molar-refractivity contribution is 0.122. The predicted molar refractivity (Wildman–Crippen MR) is 102 cm³/mol. The Kier molecular flexibility index (Phi) is 5.61. The summed E-state index contributed by atoms with van der Waals surface area (Å²) in [5.41, 5.74) is 0.829. The van der Waals surface area contributed by atoms with Gasteiger partial charge in [-0.15, -0.1) is 5.10 Å². The fraction of sp³-hybridized carbons (Fsp3) is 0.444. The standard InChI is InChI=1S/C18H21F2N5O3S/c19-15-2-1-3-16(20)18(15)29(26,27)25-6-4-23(5-7-25)14-12-17(22-21-13-14)24-8-10-28-11-9-24/h1-3,12-13H,4-11H2. The highest BCUT2D eigenvalue weighted by molar-refractivity contribution is 7.89. The molecule has 2 fully saturated rings. The Bertz CT molecular complexity index is 957. The SMILES string of the molecule is O=S(=O)(c1c(F)cccc1F)N1CCN(c2cnnc(N3CCOCC3)c2)CC1. The second-order valence-electron chi connectivity index (χ2n) is 6.81. The molecule has 11 heteroatoms. The van der Waals surface area contributed by atoms with Crippen molar-refractivity contribution in [3.8, 4) is 0 Å². The molecule has 4 rings (SSSR count). The zero-order chi connectivity index (χ0) is 20.4. The van der Waals surface area contributed by atoms with E-state index < -0.39 is 26.6 Å². The van der Waals surface area contributed by atoms with Gasteiger partial charge in [0.2, 0.25) is 10.0 Å². The Morgan fingerprint density at radius 2 is 1.59 bits per heavy atom. The second-order valence-corrected chi connectivity index (χ2v) is 8.69. The molecule has 156 valence electrons. The van der Waals surface area contributed by atoms with E-state index in [1.807, 2.05) is 11.0 Å². The van der Waals surface area contributed by atoms with Gasteiger partial charge in [0.05, 0.1) is 25.1 Å². The van der Waals surface area contributed by atoms with Gasteiger partial charge in [0.25, 0.3) is 0 Å². The summed E-state index contributed by atoms with van der Waals surface area (Å²) in [4.78, 5) is 3.18. The zero-order valence-corrected chi connectivity index (χ0v) is 16.5. The minimum absolute atomic E-state index is 0.116. The molecule has 1 aromatic carbocycles. The summed E-state index contributed by atoms with van der Waals surface area (Å²) in [6.07, 6.45) is 1.63. The van der Waals surface area contributed by atoms with Gasteiger partial charge in [-0.05, 0) is 12.1 Å². The van der Waals surface area contributed by atoms with Crippen molar-refractivity contribution in [3.63, 3.8) is 0 Å². The molecule has 2 aliphatic heterocycles. The van der Waals surface area contributed by atoms with Gasteiger partial charge in [-0.3, -0.25) is 0 Å². The van der Waals surface area contributed by atoms with Crippen LogP contribution >= 0.6 is 0 Å². The Balaban J connectivity index is 1.47. The van der Waals surface area contributed by atoms with E-state index in [1.165, 1.54) is 0 Å². The number of benzene rings is 1. The number of anilines is 2. The number of sulfonamides is 1. The van der Waals surface area contributed by atoms with E-state index in [1.54, 1.807) is 6.20 Å². The number of halogens is 2. The Labute approximate surface area is 167 Å². The number of rotatable bonds is 4. The van der Waals surface area contributed by atoms with E-state index in [2.05, 4.69) is 15.1 Å². The van der Waals surface area contributed by atoms with Gasteiger partial charge in [-0.2, -0.15) is 9.40 Å². The molecular weight excluding hydrogens is 404 g/mol. The lowest BCUT2D eigenvalue weighted by Crippen LogP contribution is -2.49. The number of hydrogen-bond acceptors (Lipinski definition) is 7. The molecular formula is C18H21F2N5O3S. The first-order valence-electron chi connectivity index (χ1n) is 9.31. The van der Waals surface area contributed by atoms with E-state index in [0.29, 0.717) is 26.3 Å². The normalized spacial score (nSPS) is 18.8. The lowest BCUT2D eigenvalue weighted by Gasteiger charge is -2.35. The van der Waals surface area contributed by atoms with Crippen molar-refractivity contribution in [3.05, 3.63) is 42.1 Å². The van der Waals surface area contributed by atoms with Gasteiger partial charge in [0.1, 0.15) is 11.6 Å².